The van der Waals surface area contributed by atoms with Crippen molar-refractivity contribution < 1.29 is 14.4 Å². The van der Waals surface area contributed by atoms with E-state index in [9.17, 15) is 14.4 Å². The summed E-state index contributed by atoms with van der Waals surface area (Å²) in [7, 11) is 0. The summed E-state index contributed by atoms with van der Waals surface area (Å²) in [6, 6.07) is 12.7. The molecule has 2 aliphatic heterocycles. The molecular formula is C25H27N5O3. The smallest absolute Gasteiger partial charge is 0.325 e. The van der Waals surface area contributed by atoms with Crippen molar-refractivity contribution in [3.63, 3.8) is 0 Å². The van der Waals surface area contributed by atoms with E-state index in [1.807, 2.05) is 48.4 Å². The molecule has 3 aromatic rings. The fraction of sp³-hybridized carbons (Fsp3) is 0.360. The van der Waals surface area contributed by atoms with E-state index in [1.54, 1.807) is 18.3 Å². The summed E-state index contributed by atoms with van der Waals surface area (Å²) < 4.78 is 0. The first kappa shape index (κ1) is 21.2. The molecule has 0 saturated carbocycles. The molecular weight excluding hydrogens is 418 g/mol. The number of nitrogens with one attached hydrogen (secondary N) is 2. The zero-order valence-electron chi connectivity index (χ0n) is 18.6. The van der Waals surface area contributed by atoms with E-state index in [0.29, 0.717) is 43.6 Å². The third-order valence-electron chi connectivity index (χ3n) is 7.09. The van der Waals surface area contributed by atoms with Crippen LogP contribution in [0, 0.1) is 5.92 Å². The number of imide groups is 1. The molecule has 2 N–H and O–H groups in total. The van der Waals surface area contributed by atoms with Gasteiger partial charge in [-0.2, -0.15) is 0 Å². The summed E-state index contributed by atoms with van der Waals surface area (Å²) in [5.74, 6) is -0.223. The molecule has 5 rings (SSSR count). The predicted octanol–water partition coefficient (Wildman–Crippen LogP) is 3.32. The van der Waals surface area contributed by atoms with Crippen LogP contribution in [0.3, 0.4) is 0 Å². The van der Waals surface area contributed by atoms with Crippen LogP contribution in [0.2, 0.25) is 0 Å². The molecule has 0 aliphatic carbocycles. The van der Waals surface area contributed by atoms with Gasteiger partial charge in [-0.1, -0.05) is 19.1 Å². The topological polar surface area (TPSA) is 98.4 Å². The van der Waals surface area contributed by atoms with Gasteiger partial charge >= 0.3 is 6.03 Å². The number of benzene rings is 1. The molecule has 2 aliphatic rings. The number of carbonyl (C=O) groups excluding carboxylic acids is 3. The second-order valence-electron chi connectivity index (χ2n) is 8.81. The Bertz CT molecular complexity index is 1200. The molecule has 4 heterocycles. The lowest BCUT2D eigenvalue weighted by Gasteiger charge is -2.40. The average molecular weight is 446 g/mol. The number of likely N-dealkylation sites (tertiary alicyclic amines) is 1. The third kappa shape index (κ3) is 3.65. The monoisotopic (exact) mass is 445 g/mol. The van der Waals surface area contributed by atoms with Crippen molar-refractivity contribution in [3.05, 3.63) is 66.1 Å². The van der Waals surface area contributed by atoms with Crippen molar-refractivity contribution >= 4 is 28.7 Å². The first-order chi connectivity index (χ1) is 16.0. The standard InChI is InChI=1S/C25H27N5O3/c1-2-25(23(32)30(24(33)28-25)16-20-5-3-4-11-26-20)19-9-13-29(14-10-19)22(31)18-7-6-17-8-12-27-21(17)15-18/h3-8,11-12,15,19,27H,2,9-10,13-14,16H2,1H3,(H,28,33). The number of amides is 4. The van der Waals surface area contributed by atoms with Crippen LogP contribution in [0.1, 0.15) is 42.2 Å². The van der Waals surface area contributed by atoms with E-state index in [-0.39, 0.29) is 30.3 Å². The van der Waals surface area contributed by atoms with Gasteiger partial charge in [0, 0.05) is 36.6 Å². The van der Waals surface area contributed by atoms with Crippen molar-refractivity contribution in [1.29, 1.82) is 0 Å². The number of hydrogen-bond donors (Lipinski definition) is 2. The molecule has 33 heavy (non-hydrogen) atoms. The van der Waals surface area contributed by atoms with Gasteiger partial charge in [-0.3, -0.25) is 19.5 Å². The molecule has 0 radical (unpaired) electrons. The lowest BCUT2D eigenvalue weighted by atomic mass is 9.75. The minimum Gasteiger partial charge on any atom is -0.361 e. The number of carbonyl (C=O) groups is 3. The molecule has 8 nitrogen and oxygen atoms in total. The summed E-state index contributed by atoms with van der Waals surface area (Å²) in [5.41, 5.74) is 1.34. The average Bonchev–Trinajstić information content (AvgIpc) is 3.42. The van der Waals surface area contributed by atoms with Crippen LogP contribution < -0.4 is 5.32 Å². The van der Waals surface area contributed by atoms with Crippen molar-refractivity contribution in [3.8, 4) is 0 Å². The Morgan fingerprint density at radius 2 is 1.97 bits per heavy atom. The molecule has 4 amide bonds. The second kappa shape index (κ2) is 8.35. The maximum atomic E-state index is 13.4. The first-order valence-corrected chi connectivity index (χ1v) is 11.4. The second-order valence-corrected chi connectivity index (χ2v) is 8.81. The van der Waals surface area contributed by atoms with Crippen molar-refractivity contribution in [2.24, 2.45) is 5.92 Å². The highest BCUT2D eigenvalue weighted by Crippen LogP contribution is 2.37. The quantitative estimate of drug-likeness (QED) is 0.589. The minimum absolute atomic E-state index is 0.00550. The van der Waals surface area contributed by atoms with Crippen LogP contribution in [0.5, 0.6) is 0 Å². The number of hydrogen-bond acceptors (Lipinski definition) is 4. The molecule has 1 atom stereocenters. The number of aromatic nitrogens is 2. The van der Waals surface area contributed by atoms with E-state index in [2.05, 4.69) is 15.3 Å². The van der Waals surface area contributed by atoms with Crippen LogP contribution >= 0.6 is 0 Å². The van der Waals surface area contributed by atoms with Crippen LogP contribution in [-0.2, 0) is 11.3 Å². The number of rotatable bonds is 5. The first-order valence-electron chi connectivity index (χ1n) is 11.4. The zero-order valence-corrected chi connectivity index (χ0v) is 18.6. The Morgan fingerprint density at radius 3 is 2.70 bits per heavy atom. The van der Waals surface area contributed by atoms with Crippen molar-refractivity contribution in [2.75, 3.05) is 13.1 Å². The van der Waals surface area contributed by atoms with Gasteiger partial charge in [0.05, 0.1) is 12.2 Å². The highest BCUT2D eigenvalue weighted by Gasteiger charge is 2.55. The van der Waals surface area contributed by atoms with Gasteiger partial charge in [-0.15, -0.1) is 0 Å². The molecule has 1 aromatic carbocycles. The Morgan fingerprint density at radius 1 is 1.15 bits per heavy atom. The lowest BCUT2D eigenvalue weighted by Crippen LogP contribution is -2.56. The van der Waals surface area contributed by atoms with E-state index >= 15 is 0 Å². The normalized spacial score (nSPS) is 21.6. The minimum atomic E-state index is -0.926. The predicted molar refractivity (Wildman–Crippen MR) is 123 cm³/mol. The van der Waals surface area contributed by atoms with E-state index in [0.717, 1.165) is 10.9 Å². The molecule has 0 spiro atoms. The molecule has 1 unspecified atom stereocenters. The number of urea groups is 1. The Labute approximate surface area is 192 Å². The largest absolute Gasteiger partial charge is 0.361 e. The van der Waals surface area contributed by atoms with Crippen molar-refractivity contribution in [2.45, 2.75) is 38.3 Å². The third-order valence-corrected chi connectivity index (χ3v) is 7.09. The molecule has 2 saturated heterocycles. The summed E-state index contributed by atoms with van der Waals surface area (Å²) in [6.07, 6.45) is 5.35. The summed E-state index contributed by atoms with van der Waals surface area (Å²) in [5, 5.41) is 4.07. The van der Waals surface area contributed by atoms with Gasteiger partial charge in [0.25, 0.3) is 11.8 Å². The van der Waals surface area contributed by atoms with Crippen LogP contribution in [0.15, 0.2) is 54.9 Å². The van der Waals surface area contributed by atoms with Gasteiger partial charge in [-0.05, 0) is 60.9 Å². The van der Waals surface area contributed by atoms with Gasteiger partial charge < -0.3 is 15.2 Å². The highest BCUT2D eigenvalue weighted by molar-refractivity contribution is 6.07. The van der Waals surface area contributed by atoms with E-state index in [4.69, 9.17) is 0 Å². The van der Waals surface area contributed by atoms with Crippen LogP contribution in [-0.4, -0.2) is 56.2 Å². The van der Waals surface area contributed by atoms with Crippen LogP contribution in [0.4, 0.5) is 4.79 Å². The molecule has 2 aromatic heterocycles. The molecule has 170 valence electrons. The zero-order chi connectivity index (χ0) is 23.0. The number of fused-ring (bicyclic) bond motifs is 1. The fourth-order valence-corrected chi connectivity index (χ4v) is 5.19. The molecule has 2 fully saturated rings. The molecule has 0 bridgehead atoms. The highest BCUT2D eigenvalue weighted by atomic mass is 16.2. The lowest BCUT2D eigenvalue weighted by molar-refractivity contribution is -0.134. The van der Waals surface area contributed by atoms with Gasteiger partial charge in [0.2, 0.25) is 0 Å². The van der Waals surface area contributed by atoms with E-state index in [1.165, 1.54) is 4.90 Å². The molecule has 8 heteroatoms. The number of aromatic amines is 1. The summed E-state index contributed by atoms with van der Waals surface area (Å²) >= 11 is 0. The van der Waals surface area contributed by atoms with Crippen LogP contribution in [0.25, 0.3) is 10.9 Å². The van der Waals surface area contributed by atoms with Gasteiger partial charge in [-0.25, -0.2) is 4.79 Å². The van der Waals surface area contributed by atoms with Crippen molar-refractivity contribution in [1.82, 2.24) is 25.1 Å². The van der Waals surface area contributed by atoms with Gasteiger partial charge in [0.15, 0.2) is 0 Å². The fourth-order valence-electron chi connectivity index (χ4n) is 5.19. The number of pyridine rings is 1. The Hall–Kier alpha value is -3.68. The van der Waals surface area contributed by atoms with Gasteiger partial charge in [0.1, 0.15) is 5.54 Å². The maximum Gasteiger partial charge on any atom is 0.325 e. The Balaban J connectivity index is 1.28. The summed E-state index contributed by atoms with van der Waals surface area (Å²) in [4.78, 5) is 49.8. The number of nitrogens with zero attached hydrogens (tertiary/aromatic N) is 3. The SMILES string of the molecule is CCC1(C2CCN(C(=O)c3ccc4cc[nH]c4c3)CC2)NC(=O)N(Cc2ccccn2)C1=O. The van der Waals surface area contributed by atoms with E-state index < -0.39 is 5.54 Å². The Kier molecular flexibility index (Phi) is 5.36. The number of H-pyrrole nitrogens is 1. The summed E-state index contributed by atoms with van der Waals surface area (Å²) in [6.45, 7) is 3.20. The maximum absolute atomic E-state index is 13.4. The number of piperidine rings is 1.